The number of hydrogen-bond acceptors (Lipinski definition) is 9. The number of aliphatic imine (C=N–C) groups is 2. The molecular weight excluding hydrogens is 536 g/mol. The van der Waals surface area contributed by atoms with Crippen LogP contribution in [0.25, 0.3) is 0 Å². The summed E-state index contributed by atoms with van der Waals surface area (Å²) in [5.41, 5.74) is 2.36. The summed E-state index contributed by atoms with van der Waals surface area (Å²) < 4.78 is 25.9. The number of hydrogen-bond donors (Lipinski definition) is 1. The van der Waals surface area contributed by atoms with Crippen molar-refractivity contribution in [1.29, 1.82) is 0 Å². The number of rotatable bonds is 3. The Morgan fingerprint density at radius 1 is 1.11 bits per heavy atom. The minimum atomic E-state index is -3.67. The highest BCUT2D eigenvalue weighted by Crippen LogP contribution is 2.35. The Morgan fingerprint density at radius 2 is 1.76 bits per heavy atom. The molecule has 0 atom stereocenters. The summed E-state index contributed by atoms with van der Waals surface area (Å²) in [6.07, 6.45) is 2.52. The van der Waals surface area contributed by atoms with E-state index >= 15 is 0 Å². The van der Waals surface area contributed by atoms with Crippen molar-refractivity contribution in [3.8, 4) is 0 Å². The number of non-ortho nitro benzene ring substituents is 1. The van der Waals surface area contributed by atoms with Gasteiger partial charge in [-0.1, -0.05) is 29.8 Å². The molecule has 38 heavy (non-hydrogen) atoms. The van der Waals surface area contributed by atoms with E-state index in [0.717, 1.165) is 26.2 Å². The molecule has 0 aliphatic carbocycles. The number of amidine groups is 1. The first-order chi connectivity index (χ1) is 17.9. The number of nitrogens with zero attached hydrogens (tertiary/aromatic N) is 6. The predicted molar refractivity (Wildman–Crippen MR) is 145 cm³/mol. The average molecular weight is 561 g/mol. The standard InChI is InChI=1S/C23H21ClN6O3.CH4O3S/c1-27-8-10-28(11-9-27)14-19-23(31)29-20-7-6-15(30(32)33)12-17(20)22(25-13-21(29)26-19)16-4-2-3-5-18(16)24;1-5(2,3)4/h2-7,12,14H,8-11,13H2,1H3;1H3,(H,2,3,4)/b19-14-;. The molecule has 3 aliphatic rings. The van der Waals surface area contributed by atoms with Crippen LogP contribution in [-0.4, -0.2) is 91.2 Å². The van der Waals surface area contributed by atoms with Crippen molar-refractivity contribution < 1.29 is 22.7 Å². The van der Waals surface area contributed by atoms with Gasteiger partial charge in [0.05, 0.1) is 29.1 Å². The fourth-order valence-electron chi connectivity index (χ4n) is 4.17. The summed E-state index contributed by atoms with van der Waals surface area (Å²) in [6, 6.07) is 11.6. The molecule has 0 aromatic heterocycles. The third-order valence-electron chi connectivity index (χ3n) is 5.97. The van der Waals surface area contributed by atoms with E-state index in [-0.39, 0.29) is 18.1 Å². The van der Waals surface area contributed by atoms with Crippen LogP contribution in [0.3, 0.4) is 0 Å². The SMILES string of the molecule is CN1CCN(/C=C2\N=C3CN=C(c4ccccc4Cl)c4cc([N+](=O)[O-])ccc4N3C2=O)CC1.CS(=O)(=O)O. The third kappa shape index (κ3) is 6.25. The van der Waals surface area contributed by atoms with E-state index in [2.05, 4.69) is 21.8 Å². The molecule has 3 aliphatic heterocycles. The Bertz CT molecular complexity index is 1470. The van der Waals surface area contributed by atoms with Gasteiger partial charge in [0.1, 0.15) is 11.5 Å². The summed E-state index contributed by atoms with van der Waals surface area (Å²) in [7, 11) is -1.60. The maximum Gasteiger partial charge on any atom is 0.284 e. The zero-order valence-electron chi connectivity index (χ0n) is 20.6. The van der Waals surface area contributed by atoms with E-state index in [1.54, 1.807) is 24.4 Å². The summed E-state index contributed by atoms with van der Waals surface area (Å²) in [6.45, 7) is 3.60. The van der Waals surface area contributed by atoms with Crippen LogP contribution < -0.4 is 4.90 Å². The number of anilines is 1. The van der Waals surface area contributed by atoms with Crippen LogP contribution in [0.1, 0.15) is 11.1 Å². The molecule has 0 bridgehead atoms. The number of fused-ring (bicyclic) bond motifs is 3. The van der Waals surface area contributed by atoms with Gasteiger partial charge in [0, 0.05) is 60.7 Å². The average Bonchev–Trinajstić information content (AvgIpc) is 3.05. The van der Waals surface area contributed by atoms with Crippen LogP contribution in [0, 0.1) is 10.1 Å². The number of amides is 1. The summed E-state index contributed by atoms with van der Waals surface area (Å²) in [5, 5.41) is 12.0. The van der Waals surface area contributed by atoms with E-state index in [9.17, 15) is 23.3 Å². The normalized spacial score (nSPS) is 18.6. The molecule has 1 N–H and O–H groups in total. The molecule has 3 heterocycles. The first kappa shape index (κ1) is 27.4. The second-order valence-electron chi connectivity index (χ2n) is 8.86. The molecule has 2 aromatic rings. The van der Waals surface area contributed by atoms with Gasteiger partial charge in [0.15, 0.2) is 0 Å². The summed E-state index contributed by atoms with van der Waals surface area (Å²) >= 11 is 6.43. The van der Waals surface area contributed by atoms with E-state index in [1.165, 1.54) is 17.0 Å². The van der Waals surface area contributed by atoms with Crippen molar-refractivity contribution in [3.05, 3.63) is 80.6 Å². The Kier molecular flexibility index (Phi) is 7.92. The van der Waals surface area contributed by atoms with Crippen LogP contribution in [-0.2, 0) is 14.9 Å². The topological polar surface area (TPSA) is 149 Å². The lowest BCUT2D eigenvalue weighted by molar-refractivity contribution is -0.384. The van der Waals surface area contributed by atoms with Crippen molar-refractivity contribution >= 4 is 50.5 Å². The highest BCUT2D eigenvalue weighted by atomic mass is 35.5. The zero-order chi connectivity index (χ0) is 27.6. The maximum atomic E-state index is 13.4. The smallest absolute Gasteiger partial charge is 0.284 e. The monoisotopic (exact) mass is 560 g/mol. The van der Waals surface area contributed by atoms with Crippen molar-refractivity contribution in [2.24, 2.45) is 9.98 Å². The van der Waals surface area contributed by atoms with Gasteiger partial charge < -0.3 is 9.80 Å². The highest BCUT2D eigenvalue weighted by molar-refractivity contribution is 7.85. The van der Waals surface area contributed by atoms with Gasteiger partial charge in [-0.2, -0.15) is 8.42 Å². The highest BCUT2D eigenvalue weighted by Gasteiger charge is 2.37. The second kappa shape index (κ2) is 11.0. The summed E-state index contributed by atoms with van der Waals surface area (Å²) in [4.78, 5) is 39.6. The number of piperazine rings is 1. The molecule has 5 rings (SSSR count). The molecule has 12 nitrogen and oxygen atoms in total. The molecule has 0 radical (unpaired) electrons. The maximum absolute atomic E-state index is 13.4. The number of carbonyl (C=O) groups is 1. The molecule has 1 saturated heterocycles. The second-order valence-corrected chi connectivity index (χ2v) is 10.7. The zero-order valence-corrected chi connectivity index (χ0v) is 22.2. The third-order valence-corrected chi connectivity index (χ3v) is 6.30. The first-order valence-electron chi connectivity index (χ1n) is 11.5. The van der Waals surface area contributed by atoms with Gasteiger partial charge >= 0.3 is 0 Å². The largest absolute Gasteiger partial charge is 0.373 e. The van der Waals surface area contributed by atoms with Gasteiger partial charge in [-0.3, -0.25) is 29.4 Å². The summed E-state index contributed by atoms with van der Waals surface area (Å²) in [5.74, 6) is 0.215. The number of benzene rings is 2. The Morgan fingerprint density at radius 3 is 2.39 bits per heavy atom. The number of carbonyl (C=O) groups excluding carboxylic acids is 1. The first-order valence-corrected chi connectivity index (χ1v) is 13.7. The number of nitro benzene ring substituents is 1. The van der Waals surface area contributed by atoms with E-state index in [1.807, 2.05) is 12.1 Å². The van der Waals surface area contributed by atoms with Gasteiger partial charge in [-0.25, -0.2) is 4.99 Å². The molecule has 0 saturated carbocycles. The lowest BCUT2D eigenvalue weighted by Crippen LogP contribution is -2.42. The molecule has 1 fully saturated rings. The molecule has 0 unspecified atom stereocenters. The predicted octanol–water partition coefficient (Wildman–Crippen LogP) is 2.44. The van der Waals surface area contributed by atoms with Crippen molar-refractivity contribution in [3.63, 3.8) is 0 Å². The van der Waals surface area contributed by atoms with E-state index in [0.29, 0.717) is 45.3 Å². The number of halogens is 1. The van der Waals surface area contributed by atoms with E-state index in [4.69, 9.17) is 21.1 Å². The van der Waals surface area contributed by atoms with Crippen molar-refractivity contribution in [2.45, 2.75) is 0 Å². The van der Waals surface area contributed by atoms with Gasteiger partial charge in [0.25, 0.3) is 21.7 Å². The molecular formula is C24H25ClN6O6S. The fraction of sp³-hybridized carbons (Fsp3) is 0.292. The number of nitro groups is 1. The van der Waals surface area contributed by atoms with Gasteiger partial charge in [0.2, 0.25) is 0 Å². The Balaban J connectivity index is 0.000000617. The molecule has 1 amide bonds. The quantitative estimate of drug-likeness (QED) is 0.260. The van der Waals surface area contributed by atoms with Crippen molar-refractivity contribution in [1.82, 2.24) is 9.80 Å². The molecule has 0 spiro atoms. The van der Waals surface area contributed by atoms with Gasteiger partial charge in [-0.15, -0.1) is 0 Å². The van der Waals surface area contributed by atoms with Gasteiger partial charge in [-0.05, 0) is 19.2 Å². The Hall–Kier alpha value is -3.65. The van der Waals surface area contributed by atoms with Crippen LogP contribution >= 0.6 is 11.6 Å². The van der Waals surface area contributed by atoms with Crippen LogP contribution in [0.15, 0.2) is 64.3 Å². The lowest BCUT2D eigenvalue weighted by Gasteiger charge is -2.31. The molecule has 2 aromatic carbocycles. The van der Waals surface area contributed by atoms with Crippen LogP contribution in [0.4, 0.5) is 11.4 Å². The minimum absolute atomic E-state index is 0.0891. The van der Waals surface area contributed by atoms with E-state index < -0.39 is 15.0 Å². The molecule has 200 valence electrons. The Labute approximate surface area is 224 Å². The fourth-order valence-corrected chi connectivity index (χ4v) is 4.40. The van der Waals surface area contributed by atoms with Crippen LogP contribution in [0.5, 0.6) is 0 Å². The lowest BCUT2D eigenvalue weighted by atomic mass is 9.99. The molecule has 14 heteroatoms. The number of likely N-dealkylation sites (N-methyl/N-ethyl adjacent to an activating group) is 1. The minimum Gasteiger partial charge on any atom is -0.373 e. The van der Waals surface area contributed by atoms with Crippen LogP contribution in [0.2, 0.25) is 5.02 Å². The van der Waals surface area contributed by atoms with Crippen molar-refractivity contribution in [2.75, 3.05) is 50.9 Å².